The quantitative estimate of drug-likeness (QED) is 0.759. The number of rotatable bonds is 4. The standard InChI is InChI=1S/C21H20N2O3S/c24-20-19(27-21(22-20)23-10-12-25-13-11-23)14-17-8-4-5-9-18(17)26-15-16-6-2-1-3-7-16/h1-9,14H,10-13,15H2/b19-14+. The van der Waals surface area contributed by atoms with Gasteiger partial charge in [-0.05, 0) is 29.5 Å². The van der Waals surface area contributed by atoms with Crippen molar-refractivity contribution in [2.45, 2.75) is 6.61 Å². The second-order valence-corrected chi connectivity index (χ2v) is 7.23. The van der Waals surface area contributed by atoms with Gasteiger partial charge in [-0.3, -0.25) is 4.79 Å². The summed E-state index contributed by atoms with van der Waals surface area (Å²) in [6.07, 6.45) is 1.87. The van der Waals surface area contributed by atoms with Crippen LogP contribution in [0.4, 0.5) is 0 Å². The van der Waals surface area contributed by atoms with E-state index in [2.05, 4.69) is 9.89 Å². The van der Waals surface area contributed by atoms with E-state index < -0.39 is 0 Å². The second-order valence-electron chi connectivity index (χ2n) is 6.22. The van der Waals surface area contributed by atoms with Crippen molar-refractivity contribution >= 4 is 28.9 Å². The lowest BCUT2D eigenvalue weighted by atomic mass is 10.2. The minimum absolute atomic E-state index is 0.195. The molecular weight excluding hydrogens is 360 g/mol. The molecular formula is C21H20N2O3S. The number of ether oxygens (including phenoxy) is 2. The molecule has 0 spiro atoms. The third-order valence-electron chi connectivity index (χ3n) is 4.33. The van der Waals surface area contributed by atoms with E-state index in [-0.39, 0.29) is 5.91 Å². The fourth-order valence-corrected chi connectivity index (χ4v) is 3.85. The molecule has 2 aliphatic rings. The zero-order chi connectivity index (χ0) is 18.5. The Bertz CT molecular complexity index is 874. The van der Waals surface area contributed by atoms with Gasteiger partial charge in [0.2, 0.25) is 0 Å². The highest BCUT2D eigenvalue weighted by Crippen LogP contribution is 2.32. The Morgan fingerprint density at radius 3 is 2.63 bits per heavy atom. The van der Waals surface area contributed by atoms with Crippen molar-refractivity contribution in [3.63, 3.8) is 0 Å². The molecule has 0 bridgehead atoms. The zero-order valence-corrected chi connectivity index (χ0v) is 15.7. The minimum Gasteiger partial charge on any atom is -0.488 e. The van der Waals surface area contributed by atoms with Crippen molar-refractivity contribution in [3.05, 3.63) is 70.6 Å². The molecule has 2 heterocycles. The average Bonchev–Trinajstić information content (AvgIpc) is 3.09. The molecule has 0 atom stereocenters. The van der Waals surface area contributed by atoms with Crippen LogP contribution in [0.25, 0.3) is 6.08 Å². The fourth-order valence-electron chi connectivity index (χ4n) is 2.90. The molecule has 1 amide bonds. The second kappa shape index (κ2) is 8.41. The van der Waals surface area contributed by atoms with Crippen LogP contribution in [0.1, 0.15) is 11.1 Å². The molecule has 4 rings (SSSR count). The van der Waals surface area contributed by atoms with E-state index in [0.29, 0.717) is 24.7 Å². The third kappa shape index (κ3) is 4.40. The predicted octanol–water partition coefficient (Wildman–Crippen LogP) is 3.57. The number of benzene rings is 2. The number of nitrogens with zero attached hydrogens (tertiary/aromatic N) is 2. The SMILES string of the molecule is O=C1N=C(N2CCOCC2)S/C1=C/c1ccccc1OCc1ccccc1. The molecule has 0 unspecified atom stereocenters. The van der Waals surface area contributed by atoms with Crippen molar-refractivity contribution in [2.75, 3.05) is 26.3 Å². The normalized spacial score (nSPS) is 18.7. The van der Waals surface area contributed by atoms with E-state index in [0.717, 1.165) is 35.1 Å². The maximum atomic E-state index is 12.3. The molecule has 5 nitrogen and oxygen atoms in total. The van der Waals surface area contributed by atoms with Crippen molar-refractivity contribution in [2.24, 2.45) is 4.99 Å². The summed E-state index contributed by atoms with van der Waals surface area (Å²) in [5.41, 5.74) is 1.98. The predicted molar refractivity (Wildman–Crippen MR) is 108 cm³/mol. The molecule has 1 saturated heterocycles. The first-order valence-electron chi connectivity index (χ1n) is 8.90. The summed E-state index contributed by atoms with van der Waals surface area (Å²) in [7, 11) is 0. The summed E-state index contributed by atoms with van der Waals surface area (Å²) in [4.78, 5) is 19.3. The van der Waals surface area contributed by atoms with E-state index in [4.69, 9.17) is 9.47 Å². The first-order valence-corrected chi connectivity index (χ1v) is 9.72. The average molecular weight is 380 g/mol. The summed E-state index contributed by atoms with van der Waals surface area (Å²) >= 11 is 1.42. The number of carbonyl (C=O) groups is 1. The number of carbonyl (C=O) groups excluding carboxylic acids is 1. The summed E-state index contributed by atoms with van der Waals surface area (Å²) in [5, 5.41) is 0.761. The molecule has 138 valence electrons. The number of amides is 1. The van der Waals surface area contributed by atoms with Gasteiger partial charge in [-0.1, -0.05) is 48.5 Å². The Labute approximate surface area is 162 Å². The van der Waals surface area contributed by atoms with Gasteiger partial charge in [0.1, 0.15) is 12.4 Å². The van der Waals surface area contributed by atoms with Crippen LogP contribution in [0, 0.1) is 0 Å². The number of hydrogen-bond acceptors (Lipinski definition) is 5. The maximum Gasteiger partial charge on any atom is 0.286 e. The molecule has 2 aliphatic heterocycles. The van der Waals surface area contributed by atoms with Crippen LogP contribution in [0.5, 0.6) is 5.75 Å². The number of morpholine rings is 1. The lowest BCUT2D eigenvalue weighted by Gasteiger charge is -2.27. The smallest absolute Gasteiger partial charge is 0.286 e. The van der Waals surface area contributed by atoms with Crippen molar-refractivity contribution in [1.82, 2.24) is 4.90 Å². The summed E-state index contributed by atoms with van der Waals surface area (Å²) in [6, 6.07) is 17.8. The molecule has 1 fully saturated rings. The molecule has 0 saturated carbocycles. The molecule has 0 radical (unpaired) electrons. The van der Waals surface area contributed by atoms with Gasteiger partial charge in [-0.25, -0.2) is 0 Å². The van der Waals surface area contributed by atoms with Gasteiger partial charge in [0.25, 0.3) is 5.91 Å². The Morgan fingerprint density at radius 2 is 1.81 bits per heavy atom. The van der Waals surface area contributed by atoms with Crippen LogP contribution in [0.2, 0.25) is 0 Å². The van der Waals surface area contributed by atoms with Crippen molar-refractivity contribution < 1.29 is 14.3 Å². The zero-order valence-electron chi connectivity index (χ0n) is 14.8. The van der Waals surface area contributed by atoms with Crippen LogP contribution < -0.4 is 4.74 Å². The highest BCUT2D eigenvalue weighted by molar-refractivity contribution is 8.18. The molecule has 27 heavy (non-hydrogen) atoms. The molecule has 0 N–H and O–H groups in total. The van der Waals surface area contributed by atoms with Crippen molar-refractivity contribution in [3.8, 4) is 5.75 Å². The lowest BCUT2D eigenvalue weighted by Crippen LogP contribution is -2.38. The van der Waals surface area contributed by atoms with Crippen LogP contribution in [0.3, 0.4) is 0 Å². The molecule has 2 aromatic rings. The number of aliphatic imine (C=N–C) groups is 1. The van der Waals surface area contributed by atoms with E-state index in [1.807, 2.05) is 60.7 Å². The fraction of sp³-hybridized carbons (Fsp3) is 0.238. The highest BCUT2D eigenvalue weighted by atomic mass is 32.2. The van der Waals surface area contributed by atoms with Crippen LogP contribution in [-0.2, 0) is 16.1 Å². The number of hydrogen-bond donors (Lipinski definition) is 0. The highest BCUT2D eigenvalue weighted by Gasteiger charge is 2.27. The lowest BCUT2D eigenvalue weighted by molar-refractivity contribution is -0.113. The molecule has 0 aliphatic carbocycles. The topological polar surface area (TPSA) is 51.1 Å². The van der Waals surface area contributed by atoms with Gasteiger partial charge in [0.15, 0.2) is 5.17 Å². The molecule has 0 aromatic heterocycles. The maximum absolute atomic E-state index is 12.3. The first-order chi connectivity index (χ1) is 13.3. The largest absolute Gasteiger partial charge is 0.488 e. The van der Waals surface area contributed by atoms with Crippen LogP contribution in [-0.4, -0.2) is 42.3 Å². The number of thioether (sulfide) groups is 1. The van der Waals surface area contributed by atoms with E-state index >= 15 is 0 Å². The Kier molecular flexibility index (Phi) is 5.55. The van der Waals surface area contributed by atoms with Gasteiger partial charge in [-0.15, -0.1) is 0 Å². The minimum atomic E-state index is -0.195. The summed E-state index contributed by atoms with van der Waals surface area (Å²) < 4.78 is 11.3. The van der Waals surface area contributed by atoms with Gasteiger partial charge >= 0.3 is 0 Å². The summed E-state index contributed by atoms with van der Waals surface area (Å²) in [5.74, 6) is 0.557. The van der Waals surface area contributed by atoms with Gasteiger partial charge in [-0.2, -0.15) is 4.99 Å². The number of amidine groups is 1. The Hall–Kier alpha value is -2.57. The molecule has 6 heteroatoms. The first kappa shape index (κ1) is 17.8. The van der Waals surface area contributed by atoms with Gasteiger partial charge in [0, 0.05) is 18.7 Å². The van der Waals surface area contributed by atoms with Crippen LogP contribution in [0.15, 0.2) is 64.5 Å². The molecule has 2 aromatic carbocycles. The van der Waals surface area contributed by atoms with Crippen molar-refractivity contribution in [1.29, 1.82) is 0 Å². The summed E-state index contributed by atoms with van der Waals surface area (Å²) in [6.45, 7) is 3.36. The Balaban J connectivity index is 1.48. The number of para-hydroxylation sites is 1. The van der Waals surface area contributed by atoms with Crippen LogP contribution >= 0.6 is 11.8 Å². The van der Waals surface area contributed by atoms with E-state index in [9.17, 15) is 4.79 Å². The van der Waals surface area contributed by atoms with E-state index in [1.165, 1.54) is 11.8 Å². The monoisotopic (exact) mass is 380 g/mol. The third-order valence-corrected chi connectivity index (χ3v) is 5.38. The van der Waals surface area contributed by atoms with E-state index in [1.54, 1.807) is 0 Å². The van der Waals surface area contributed by atoms with Gasteiger partial charge < -0.3 is 14.4 Å². The Morgan fingerprint density at radius 1 is 1.07 bits per heavy atom. The van der Waals surface area contributed by atoms with Gasteiger partial charge in [0.05, 0.1) is 18.1 Å².